The molecule has 0 bridgehead atoms. The largest absolute Gasteiger partial charge is 0.726 e. The summed E-state index contributed by atoms with van der Waals surface area (Å²) in [6.45, 7) is 0.308. The first-order valence-corrected chi connectivity index (χ1v) is 11.4. The molecule has 10 heteroatoms. The normalized spacial score (nSPS) is 15.7. The zero-order valence-electron chi connectivity index (χ0n) is 17.1. The van der Waals surface area contributed by atoms with E-state index in [0.29, 0.717) is 6.79 Å². The van der Waals surface area contributed by atoms with E-state index in [4.69, 9.17) is 9.47 Å². The molecule has 0 fully saturated rings. The summed E-state index contributed by atoms with van der Waals surface area (Å²) in [6.07, 6.45) is 2.23. The molecule has 1 aromatic heterocycles. The first kappa shape index (κ1) is 21.4. The number of fused-ring (bicyclic) bond motifs is 3. The third-order valence-electron chi connectivity index (χ3n) is 4.96. The van der Waals surface area contributed by atoms with Gasteiger partial charge in [-0.1, -0.05) is 23.9 Å². The van der Waals surface area contributed by atoms with Crippen molar-refractivity contribution >= 4 is 44.8 Å². The highest BCUT2D eigenvalue weighted by Crippen LogP contribution is 2.50. The van der Waals surface area contributed by atoms with Crippen molar-refractivity contribution in [2.75, 3.05) is 25.9 Å². The minimum absolute atomic E-state index is 0.308. The van der Waals surface area contributed by atoms with Crippen LogP contribution in [0.2, 0.25) is 0 Å². The van der Waals surface area contributed by atoms with Crippen molar-refractivity contribution in [3.05, 3.63) is 59.3 Å². The van der Waals surface area contributed by atoms with E-state index in [1.54, 1.807) is 11.8 Å². The second-order valence-corrected chi connectivity index (χ2v) is 8.98. The lowest BCUT2D eigenvalue weighted by Crippen LogP contribution is -2.32. The molecule has 2 aromatic carbocycles. The second kappa shape index (κ2) is 8.39. The summed E-state index contributed by atoms with van der Waals surface area (Å²) in [5.74, 6) is 1.65. The predicted molar refractivity (Wildman–Crippen MR) is 117 cm³/mol. The summed E-state index contributed by atoms with van der Waals surface area (Å²) in [6, 6.07) is 16.9. The Labute approximate surface area is 184 Å². The van der Waals surface area contributed by atoms with Gasteiger partial charge in [-0.15, -0.1) is 0 Å². The fourth-order valence-electron chi connectivity index (χ4n) is 3.31. The lowest BCUT2D eigenvalue weighted by molar-refractivity contribution is -0.646. The van der Waals surface area contributed by atoms with Gasteiger partial charge in [-0.05, 0) is 12.1 Å². The maximum absolute atomic E-state index is 9.22. The summed E-state index contributed by atoms with van der Waals surface area (Å²) >= 11 is 1.76. The first-order valence-electron chi connectivity index (χ1n) is 9.23. The van der Waals surface area contributed by atoms with E-state index in [0.717, 1.165) is 24.3 Å². The molecule has 0 unspecified atom stereocenters. The van der Waals surface area contributed by atoms with Gasteiger partial charge in [0.2, 0.25) is 28.4 Å². The van der Waals surface area contributed by atoms with Gasteiger partial charge < -0.3 is 18.9 Å². The summed E-state index contributed by atoms with van der Waals surface area (Å²) in [5, 5.41) is 2.43. The number of anilines is 1. The van der Waals surface area contributed by atoms with Crippen LogP contribution in [0.4, 0.5) is 5.69 Å². The smallest absolute Gasteiger partial charge is 0.231 e. The third kappa shape index (κ3) is 4.47. The lowest BCUT2D eigenvalue weighted by Gasteiger charge is -2.13. The van der Waals surface area contributed by atoms with Crippen LogP contribution in [-0.2, 0) is 21.6 Å². The molecular formula is C21H20N2O6S2. The zero-order chi connectivity index (χ0) is 22.2. The number of para-hydroxylation sites is 1. The monoisotopic (exact) mass is 460 g/mol. The van der Waals surface area contributed by atoms with Crippen LogP contribution in [0.25, 0.3) is 17.0 Å². The SMILES string of the molecule is CN1C(=Cc2ccc3ccccc3[n+]2C)Sc2cc3c(cc21)OCO3.COS(=O)(=O)[O-]. The number of thioether (sulfide) groups is 1. The van der Waals surface area contributed by atoms with Gasteiger partial charge in [0.05, 0.1) is 17.8 Å². The van der Waals surface area contributed by atoms with E-state index < -0.39 is 10.4 Å². The molecule has 0 atom stereocenters. The summed E-state index contributed by atoms with van der Waals surface area (Å²) in [4.78, 5) is 3.40. The number of aryl methyl sites for hydroxylation is 1. The van der Waals surface area contributed by atoms with Gasteiger partial charge in [0, 0.05) is 47.7 Å². The van der Waals surface area contributed by atoms with Gasteiger partial charge in [0.15, 0.2) is 11.5 Å². The van der Waals surface area contributed by atoms with E-state index in [2.05, 4.69) is 82.4 Å². The summed E-state index contributed by atoms with van der Waals surface area (Å²) in [5.41, 5.74) is 3.55. The number of hydrogen-bond acceptors (Lipinski definition) is 8. The Morgan fingerprint density at radius 1 is 1.16 bits per heavy atom. The molecule has 3 heterocycles. The minimum Gasteiger partial charge on any atom is -0.726 e. The molecule has 162 valence electrons. The maximum Gasteiger partial charge on any atom is 0.231 e. The maximum atomic E-state index is 9.22. The number of ether oxygens (including phenoxy) is 2. The molecule has 0 amide bonds. The standard InChI is InChI=1S/C20H17N2O2S.CH4O4S/c1-21-14(8-7-13-5-3-4-6-15(13)21)9-20-22(2)16-10-17-18(24-12-23-17)11-19(16)25-20;1-5-6(2,3)4/h3-11H,12H2,1-2H3;1H3,(H,2,3,4)/q+1;/p-1. The molecule has 0 saturated heterocycles. The molecule has 5 rings (SSSR count). The Bertz CT molecular complexity index is 1290. The highest BCUT2D eigenvalue weighted by molar-refractivity contribution is 8.03. The first-order chi connectivity index (χ1) is 14.8. The van der Waals surface area contributed by atoms with Crippen LogP contribution in [0.5, 0.6) is 11.5 Å². The topological polar surface area (TPSA) is 92.0 Å². The number of rotatable bonds is 2. The van der Waals surface area contributed by atoms with E-state index in [1.165, 1.54) is 26.5 Å². The second-order valence-electron chi connectivity index (χ2n) is 6.77. The highest BCUT2D eigenvalue weighted by Gasteiger charge is 2.27. The summed E-state index contributed by atoms with van der Waals surface area (Å²) < 4.78 is 44.3. The fraction of sp³-hybridized carbons (Fsp3) is 0.190. The van der Waals surface area contributed by atoms with Gasteiger partial charge in [0.1, 0.15) is 7.05 Å². The quantitative estimate of drug-likeness (QED) is 0.327. The highest BCUT2D eigenvalue weighted by atomic mass is 32.3. The van der Waals surface area contributed by atoms with Gasteiger partial charge in [-0.2, -0.15) is 4.57 Å². The molecule has 31 heavy (non-hydrogen) atoms. The average Bonchev–Trinajstić information content (AvgIpc) is 3.32. The zero-order valence-corrected chi connectivity index (χ0v) is 18.7. The Morgan fingerprint density at radius 2 is 1.84 bits per heavy atom. The molecule has 0 radical (unpaired) electrons. The lowest BCUT2D eigenvalue weighted by atomic mass is 10.2. The Hall–Kier alpha value is -2.79. The van der Waals surface area contributed by atoms with E-state index in [1.807, 2.05) is 0 Å². The number of pyridine rings is 1. The van der Waals surface area contributed by atoms with Crippen molar-refractivity contribution in [1.82, 2.24) is 0 Å². The Kier molecular flexibility index (Phi) is 5.80. The molecule has 8 nitrogen and oxygen atoms in total. The number of nitrogens with zero attached hydrogens (tertiary/aromatic N) is 2. The van der Waals surface area contributed by atoms with Gasteiger partial charge in [-0.3, -0.25) is 4.18 Å². The van der Waals surface area contributed by atoms with E-state index >= 15 is 0 Å². The average molecular weight is 461 g/mol. The van der Waals surface area contributed by atoms with E-state index in [9.17, 15) is 13.0 Å². The Balaban J connectivity index is 0.000000342. The molecule has 2 aliphatic heterocycles. The van der Waals surface area contributed by atoms with Crippen molar-refractivity contribution in [3.63, 3.8) is 0 Å². The van der Waals surface area contributed by atoms with Crippen molar-refractivity contribution in [1.29, 1.82) is 0 Å². The number of hydrogen-bond donors (Lipinski definition) is 0. The number of benzene rings is 2. The molecule has 0 spiro atoms. The number of aromatic nitrogens is 1. The van der Waals surface area contributed by atoms with Crippen molar-refractivity contribution in [2.45, 2.75) is 4.90 Å². The molecule has 3 aromatic rings. The van der Waals surface area contributed by atoms with Crippen molar-refractivity contribution < 1.29 is 31.2 Å². The summed E-state index contributed by atoms with van der Waals surface area (Å²) in [7, 11) is 0.596. The van der Waals surface area contributed by atoms with Gasteiger partial charge >= 0.3 is 0 Å². The van der Waals surface area contributed by atoms with Crippen LogP contribution in [0, 0.1) is 0 Å². The fourth-order valence-corrected chi connectivity index (χ4v) is 4.42. The van der Waals surface area contributed by atoms with Crippen LogP contribution in [0.15, 0.2) is 58.5 Å². The molecular weight excluding hydrogens is 440 g/mol. The van der Waals surface area contributed by atoms with Crippen molar-refractivity contribution in [3.8, 4) is 11.5 Å². The van der Waals surface area contributed by atoms with Gasteiger partial charge in [-0.25, -0.2) is 8.42 Å². The molecule has 0 saturated carbocycles. The van der Waals surface area contributed by atoms with Crippen molar-refractivity contribution in [2.24, 2.45) is 7.05 Å². The van der Waals surface area contributed by atoms with Crippen LogP contribution in [-0.4, -0.2) is 33.9 Å². The van der Waals surface area contributed by atoms with Crippen LogP contribution >= 0.6 is 11.8 Å². The molecule has 0 aliphatic carbocycles. The van der Waals surface area contributed by atoms with Crippen LogP contribution in [0.3, 0.4) is 0 Å². The van der Waals surface area contributed by atoms with E-state index in [-0.39, 0.29) is 0 Å². The Morgan fingerprint density at radius 3 is 2.55 bits per heavy atom. The molecule has 0 N–H and O–H groups in total. The van der Waals surface area contributed by atoms with Crippen LogP contribution < -0.4 is 18.9 Å². The van der Waals surface area contributed by atoms with Gasteiger partial charge in [0.25, 0.3) is 0 Å². The van der Waals surface area contributed by atoms with Crippen LogP contribution in [0.1, 0.15) is 5.69 Å². The predicted octanol–water partition coefficient (Wildman–Crippen LogP) is 3.03. The third-order valence-corrected chi connectivity index (χ3v) is 6.51. The minimum atomic E-state index is -4.41. The molecule has 2 aliphatic rings.